The van der Waals surface area contributed by atoms with Crippen LogP contribution in [0.1, 0.15) is 11.6 Å². The van der Waals surface area contributed by atoms with Crippen molar-refractivity contribution in [1.82, 2.24) is 10.6 Å². The predicted octanol–water partition coefficient (Wildman–Crippen LogP) is 1.71. The van der Waals surface area contributed by atoms with Crippen molar-refractivity contribution in [3.05, 3.63) is 41.1 Å². The van der Waals surface area contributed by atoms with E-state index < -0.39 is 18.0 Å². The Balaban J connectivity index is 2.51. The Hall–Kier alpha value is -2.21. The van der Waals surface area contributed by atoms with E-state index in [9.17, 15) is 9.59 Å². The highest BCUT2D eigenvalue weighted by atomic mass is 35.5. The van der Waals surface area contributed by atoms with Gasteiger partial charge >= 0.3 is 12.0 Å². The molecule has 0 unspecified atom stereocenters. The van der Waals surface area contributed by atoms with Crippen molar-refractivity contribution in [2.24, 2.45) is 0 Å². The second kappa shape index (κ2) is 6.49. The number of urea groups is 1. The molecule has 2 amide bonds. The first kappa shape index (κ1) is 15.2. The van der Waals surface area contributed by atoms with E-state index in [1.807, 2.05) is 0 Å². The third-order valence-electron chi connectivity index (χ3n) is 3.12. The van der Waals surface area contributed by atoms with E-state index in [0.717, 1.165) is 0 Å². The molecule has 0 bridgehead atoms. The Labute approximate surface area is 127 Å². The molecule has 0 aliphatic carbocycles. The number of nitrogens with one attached hydrogen (secondary N) is 2. The van der Waals surface area contributed by atoms with Gasteiger partial charge in [-0.05, 0) is 17.7 Å². The quantitative estimate of drug-likeness (QED) is 0.656. The summed E-state index contributed by atoms with van der Waals surface area (Å²) in [6, 6.07) is 6.01. The lowest BCUT2D eigenvalue weighted by Gasteiger charge is -2.28. The molecule has 1 aliphatic heterocycles. The molecule has 0 saturated heterocycles. The Morgan fingerprint density at radius 3 is 2.76 bits per heavy atom. The molecule has 2 rings (SSSR count). The second-order valence-corrected chi connectivity index (χ2v) is 4.59. The highest BCUT2D eigenvalue weighted by molar-refractivity contribution is 6.20. The smallest absolute Gasteiger partial charge is 0.338 e. The summed E-state index contributed by atoms with van der Waals surface area (Å²) in [6.45, 7) is 0. The lowest BCUT2D eigenvalue weighted by molar-refractivity contribution is -0.136. The van der Waals surface area contributed by atoms with Gasteiger partial charge in [0.1, 0.15) is 5.75 Å². The van der Waals surface area contributed by atoms with Crippen LogP contribution in [0.3, 0.4) is 0 Å². The van der Waals surface area contributed by atoms with Gasteiger partial charge in [-0.1, -0.05) is 12.1 Å². The van der Waals surface area contributed by atoms with Crippen molar-refractivity contribution in [3.8, 4) is 5.75 Å². The van der Waals surface area contributed by atoms with E-state index in [2.05, 4.69) is 10.6 Å². The van der Waals surface area contributed by atoms with Crippen LogP contribution in [0.2, 0.25) is 0 Å². The standard InChI is InChI=1S/C14H15ClN2O4/c1-20-9-5-3-4-8(6-9)12-11(13(18)21-2)10(7-15)16-14(19)17-12/h3-6,12H,7H2,1-2H3,(H2,16,17,19)/t12-/m1/s1. The fourth-order valence-electron chi connectivity index (χ4n) is 2.15. The number of esters is 1. The fourth-order valence-corrected chi connectivity index (χ4v) is 2.36. The molecule has 1 aliphatic rings. The van der Waals surface area contributed by atoms with Gasteiger partial charge in [-0.25, -0.2) is 9.59 Å². The third kappa shape index (κ3) is 3.11. The summed E-state index contributed by atoms with van der Waals surface area (Å²) in [5.74, 6) is 0.0705. The summed E-state index contributed by atoms with van der Waals surface area (Å²) in [5.41, 5.74) is 1.31. The Morgan fingerprint density at radius 1 is 1.38 bits per heavy atom. The summed E-state index contributed by atoms with van der Waals surface area (Å²) in [6.07, 6.45) is 0. The monoisotopic (exact) mass is 310 g/mol. The molecule has 1 atom stereocenters. The molecule has 0 saturated carbocycles. The van der Waals surface area contributed by atoms with E-state index in [-0.39, 0.29) is 11.5 Å². The zero-order valence-electron chi connectivity index (χ0n) is 11.6. The normalized spacial score (nSPS) is 17.9. The average Bonchev–Trinajstić information content (AvgIpc) is 2.53. The van der Waals surface area contributed by atoms with Crippen LogP contribution in [-0.4, -0.2) is 32.1 Å². The number of benzene rings is 1. The van der Waals surface area contributed by atoms with Crippen LogP contribution in [0.4, 0.5) is 4.79 Å². The number of alkyl halides is 1. The SMILES string of the molecule is COC(=O)C1=C(CCl)NC(=O)N[C@@H]1c1cccc(OC)c1. The Morgan fingerprint density at radius 2 is 2.14 bits per heavy atom. The van der Waals surface area contributed by atoms with Crippen molar-refractivity contribution < 1.29 is 19.1 Å². The van der Waals surface area contributed by atoms with Gasteiger partial charge in [0.25, 0.3) is 0 Å². The molecule has 21 heavy (non-hydrogen) atoms. The molecule has 0 aromatic heterocycles. The zero-order valence-corrected chi connectivity index (χ0v) is 12.4. The lowest BCUT2D eigenvalue weighted by atomic mass is 9.95. The van der Waals surface area contributed by atoms with Gasteiger partial charge in [-0.2, -0.15) is 0 Å². The molecule has 1 heterocycles. The summed E-state index contributed by atoms with van der Waals surface area (Å²) >= 11 is 5.82. The van der Waals surface area contributed by atoms with E-state index in [0.29, 0.717) is 17.0 Å². The van der Waals surface area contributed by atoms with Gasteiger partial charge in [-0.3, -0.25) is 0 Å². The third-order valence-corrected chi connectivity index (χ3v) is 3.39. The largest absolute Gasteiger partial charge is 0.497 e. The van der Waals surface area contributed by atoms with Crippen LogP contribution in [0.25, 0.3) is 0 Å². The fraction of sp³-hybridized carbons (Fsp3) is 0.286. The van der Waals surface area contributed by atoms with Crippen molar-refractivity contribution in [1.29, 1.82) is 0 Å². The molecule has 6 nitrogen and oxygen atoms in total. The van der Waals surface area contributed by atoms with Crippen LogP contribution in [0.15, 0.2) is 35.5 Å². The molecular weight excluding hydrogens is 296 g/mol. The van der Waals surface area contributed by atoms with Gasteiger partial charge in [-0.15, -0.1) is 11.6 Å². The number of methoxy groups -OCH3 is 2. The molecular formula is C14H15ClN2O4. The van der Waals surface area contributed by atoms with Crippen molar-refractivity contribution in [3.63, 3.8) is 0 Å². The number of amides is 2. The molecule has 112 valence electrons. The minimum Gasteiger partial charge on any atom is -0.497 e. The first-order chi connectivity index (χ1) is 10.1. The number of allylic oxidation sites excluding steroid dienone is 1. The minimum absolute atomic E-state index is 0.00166. The molecule has 0 fully saturated rings. The molecule has 0 spiro atoms. The van der Waals surface area contributed by atoms with Crippen LogP contribution in [0, 0.1) is 0 Å². The van der Waals surface area contributed by atoms with Crippen LogP contribution in [-0.2, 0) is 9.53 Å². The number of rotatable bonds is 4. The van der Waals surface area contributed by atoms with Gasteiger partial charge in [0, 0.05) is 5.70 Å². The predicted molar refractivity (Wildman–Crippen MR) is 77.2 cm³/mol. The van der Waals surface area contributed by atoms with Crippen molar-refractivity contribution >= 4 is 23.6 Å². The Kier molecular flexibility index (Phi) is 4.70. The Bertz CT molecular complexity index is 600. The van der Waals surface area contributed by atoms with Gasteiger partial charge < -0.3 is 20.1 Å². The van der Waals surface area contributed by atoms with Crippen LogP contribution >= 0.6 is 11.6 Å². The number of halogens is 1. The highest BCUT2D eigenvalue weighted by Gasteiger charge is 2.33. The summed E-state index contributed by atoms with van der Waals surface area (Å²) in [4.78, 5) is 23.7. The van der Waals surface area contributed by atoms with Crippen molar-refractivity contribution in [2.45, 2.75) is 6.04 Å². The molecule has 7 heteroatoms. The van der Waals surface area contributed by atoms with Crippen LogP contribution < -0.4 is 15.4 Å². The first-order valence-electron chi connectivity index (χ1n) is 6.19. The maximum absolute atomic E-state index is 12.0. The summed E-state index contributed by atoms with van der Waals surface area (Å²) in [7, 11) is 2.82. The molecule has 1 aromatic carbocycles. The number of carbonyl (C=O) groups is 2. The lowest BCUT2D eigenvalue weighted by Crippen LogP contribution is -2.46. The second-order valence-electron chi connectivity index (χ2n) is 4.33. The minimum atomic E-state index is -0.643. The number of hydrogen-bond acceptors (Lipinski definition) is 4. The van der Waals surface area contributed by atoms with Gasteiger partial charge in [0.05, 0.1) is 31.7 Å². The van der Waals surface area contributed by atoms with Crippen molar-refractivity contribution in [2.75, 3.05) is 20.1 Å². The number of hydrogen-bond donors (Lipinski definition) is 2. The molecule has 0 radical (unpaired) electrons. The number of carbonyl (C=O) groups excluding carboxylic acids is 2. The number of ether oxygens (including phenoxy) is 2. The van der Waals surface area contributed by atoms with E-state index in [1.54, 1.807) is 31.4 Å². The van der Waals surface area contributed by atoms with Gasteiger partial charge in [0.2, 0.25) is 0 Å². The molecule has 1 aromatic rings. The highest BCUT2D eigenvalue weighted by Crippen LogP contribution is 2.29. The van der Waals surface area contributed by atoms with E-state index in [4.69, 9.17) is 21.1 Å². The van der Waals surface area contributed by atoms with E-state index in [1.165, 1.54) is 7.11 Å². The van der Waals surface area contributed by atoms with Gasteiger partial charge in [0.15, 0.2) is 0 Å². The summed E-state index contributed by atoms with van der Waals surface area (Å²) < 4.78 is 9.95. The first-order valence-corrected chi connectivity index (χ1v) is 6.73. The maximum Gasteiger partial charge on any atom is 0.338 e. The molecule has 2 N–H and O–H groups in total. The van der Waals surface area contributed by atoms with E-state index >= 15 is 0 Å². The maximum atomic E-state index is 12.0. The zero-order chi connectivity index (χ0) is 15.4. The summed E-state index contributed by atoms with van der Waals surface area (Å²) in [5, 5.41) is 5.22. The average molecular weight is 311 g/mol. The van der Waals surface area contributed by atoms with Crippen LogP contribution in [0.5, 0.6) is 5.75 Å². The topological polar surface area (TPSA) is 76.7 Å².